The average Bonchev–Trinajstić information content (AvgIpc) is 2.63. The summed E-state index contributed by atoms with van der Waals surface area (Å²) in [5.41, 5.74) is 1.01. The fourth-order valence-corrected chi connectivity index (χ4v) is 3.00. The van der Waals surface area contributed by atoms with Gasteiger partial charge in [0.25, 0.3) is 0 Å². The molecule has 0 atom stereocenters. The Labute approximate surface area is 106 Å². The molecular formula is C11H18ClN3S. The minimum atomic E-state index is 0.527. The minimum absolute atomic E-state index is 0.527. The van der Waals surface area contributed by atoms with Gasteiger partial charge in [0.1, 0.15) is 5.01 Å². The van der Waals surface area contributed by atoms with Crippen molar-refractivity contribution in [3.63, 3.8) is 0 Å². The van der Waals surface area contributed by atoms with E-state index < -0.39 is 0 Å². The monoisotopic (exact) mass is 259 g/mol. The van der Waals surface area contributed by atoms with Crippen molar-refractivity contribution >= 4 is 22.9 Å². The number of alkyl halides is 1. The maximum absolute atomic E-state index is 5.75. The van der Waals surface area contributed by atoms with Crippen LogP contribution in [0.2, 0.25) is 0 Å². The summed E-state index contributed by atoms with van der Waals surface area (Å²) in [6, 6.07) is 0. The molecule has 1 aromatic heterocycles. The van der Waals surface area contributed by atoms with E-state index in [0.29, 0.717) is 5.88 Å². The van der Waals surface area contributed by atoms with Gasteiger partial charge < -0.3 is 4.90 Å². The van der Waals surface area contributed by atoms with Crippen LogP contribution in [0.25, 0.3) is 0 Å². The maximum atomic E-state index is 5.75. The van der Waals surface area contributed by atoms with Gasteiger partial charge in [-0.1, -0.05) is 0 Å². The van der Waals surface area contributed by atoms with E-state index in [2.05, 4.69) is 27.2 Å². The third kappa shape index (κ3) is 3.42. The lowest BCUT2D eigenvalue weighted by molar-refractivity contribution is 0.269. The third-order valence-electron chi connectivity index (χ3n) is 2.91. The van der Waals surface area contributed by atoms with Gasteiger partial charge in [-0.25, -0.2) is 4.98 Å². The molecule has 1 fully saturated rings. The summed E-state index contributed by atoms with van der Waals surface area (Å²) in [6.45, 7) is 5.68. The van der Waals surface area contributed by atoms with Crippen LogP contribution in [0.5, 0.6) is 0 Å². The number of likely N-dealkylation sites (N-methyl/N-ethyl adjacent to an activating group) is 1. The van der Waals surface area contributed by atoms with E-state index in [1.165, 1.54) is 24.5 Å². The van der Waals surface area contributed by atoms with Crippen LogP contribution in [0.1, 0.15) is 17.1 Å². The average molecular weight is 260 g/mol. The van der Waals surface area contributed by atoms with E-state index in [9.17, 15) is 0 Å². The predicted octanol–water partition coefficient (Wildman–Crippen LogP) is 2.02. The first kappa shape index (κ1) is 12.3. The molecule has 5 heteroatoms. The van der Waals surface area contributed by atoms with Crippen LogP contribution in [0.15, 0.2) is 5.38 Å². The molecule has 0 unspecified atom stereocenters. The first-order chi connectivity index (χ1) is 7.78. The van der Waals surface area contributed by atoms with Crippen molar-refractivity contribution in [3.8, 4) is 0 Å². The summed E-state index contributed by atoms with van der Waals surface area (Å²) in [4.78, 5) is 9.39. The van der Waals surface area contributed by atoms with Gasteiger partial charge in [0.15, 0.2) is 0 Å². The standard InChI is InChI=1S/C11H18ClN3S/c1-14-3-2-4-15(6-5-14)8-11-13-10(7-12)9-16-11/h9H,2-8H2,1H3. The Morgan fingerprint density at radius 3 is 3.00 bits per heavy atom. The van der Waals surface area contributed by atoms with Crippen LogP contribution < -0.4 is 0 Å². The number of rotatable bonds is 3. The van der Waals surface area contributed by atoms with Crippen LogP contribution in [0.4, 0.5) is 0 Å². The van der Waals surface area contributed by atoms with Gasteiger partial charge in [-0.3, -0.25) is 4.90 Å². The second kappa shape index (κ2) is 5.96. The molecule has 90 valence electrons. The van der Waals surface area contributed by atoms with Crippen LogP contribution in [0.3, 0.4) is 0 Å². The Morgan fingerprint density at radius 2 is 2.25 bits per heavy atom. The summed E-state index contributed by atoms with van der Waals surface area (Å²) in [7, 11) is 2.19. The van der Waals surface area contributed by atoms with E-state index in [-0.39, 0.29) is 0 Å². The molecule has 1 saturated heterocycles. The van der Waals surface area contributed by atoms with Crippen LogP contribution in [-0.4, -0.2) is 48.0 Å². The molecule has 0 radical (unpaired) electrons. The van der Waals surface area contributed by atoms with Crippen LogP contribution in [0, 0.1) is 0 Å². The molecule has 0 amide bonds. The molecule has 3 nitrogen and oxygen atoms in total. The zero-order valence-corrected chi connectivity index (χ0v) is 11.2. The summed E-state index contributed by atoms with van der Waals surface area (Å²) in [5.74, 6) is 0.527. The molecule has 1 aliphatic heterocycles. The van der Waals surface area contributed by atoms with E-state index in [1.807, 2.05) is 0 Å². The Bertz CT molecular complexity index is 329. The van der Waals surface area contributed by atoms with Gasteiger partial charge in [-0.2, -0.15) is 0 Å². The largest absolute Gasteiger partial charge is 0.305 e. The SMILES string of the molecule is CN1CCCN(Cc2nc(CCl)cs2)CC1. The molecule has 0 spiro atoms. The van der Waals surface area contributed by atoms with Gasteiger partial charge in [-0.15, -0.1) is 22.9 Å². The van der Waals surface area contributed by atoms with Crippen molar-refractivity contribution in [2.45, 2.75) is 18.8 Å². The molecule has 1 aliphatic rings. The molecule has 0 N–H and O–H groups in total. The van der Waals surface area contributed by atoms with Crippen molar-refractivity contribution in [2.24, 2.45) is 0 Å². The number of thiazole rings is 1. The second-order valence-corrected chi connectivity index (χ2v) is 5.51. The quantitative estimate of drug-likeness (QED) is 0.775. The van der Waals surface area contributed by atoms with Gasteiger partial charge in [0, 0.05) is 18.5 Å². The zero-order chi connectivity index (χ0) is 11.4. The van der Waals surface area contributed by atoms with Crippen molar-refractivity contribution < 1.29 is 0 Å². The summed E-state index contributed by atoms with van der Waals surface area (Å²) in [5, 5.41) is 3.26. The van der Waals surface area contributed by atoms with E-state index in [1.54, 1.807) is 11.3 Å². The van der Waals surface area contributed by atoms with E-state index in [4.69, 9.17) is 11.6 Å². The van der Waals surface area contributed by atoms with Crippen molar-refractivity contribution in [2.75, 3.05) is 33.2 Å². The first-order valence-corrected chi connectivity index (χ1v) is 7.09. The summed E-state index contributed by atoms with van der Waals surface area (Å²) < 4.78 is 0. The Hall–Kier alpha value is -0.160. The predicted molar refractivity (Wildman–Crippen MR) is 69.1 cm³/mol. The highest BCUT2D eigenvalue weighted by atomic mass is 35.5. The van der Waals surface area contributed by atoms with E-state index >= 15 is 0 Å². The molecule has 0 bridgehead atoms. The normalized spacial score (nSPS) is 19.9. The topological polar surface area (TPSA) is 19.4 Å². The summed E-state index contributed by atoms with van der Waals surface area (Å²) in [6.07, 6.45) is 1.25. The molecule has 0 aromatic carbocycles. The van der Waals surface area contributed by atoms with E-state index in [0.717, 1.165) is 25.3 Å². The number of halogens is 1. The second-order valence-electron chi connectivity index (χ2n) is 4.30. The lowest BCUT2D eigenvalue weighted by Crippen LogP contribution is -2.28. The number of aromatic nitrogens is 1. The highest BCUT2D eigenvalue weighted by Crippen LogP contribution is 2.14. The highest BCUT2D eigenvalue weighted by molar-refractivity contribution is 7.09. The lowest BCUT2D eigenvalue weighted by Gasteiger charge is -2.18. The lowest BCUT2D eigenvalue weighted by atomic mass is 10.4. The summed E-state index contributed by atoms with van der Waals surface area (Å²) >= 11 is 7.48. The minimum Gasteiger partial charge on any atom is -0.305 e. The number of nitrogens with zero attached hydrogens (tertiary/aromatic N) is 3. The van der Waals surface area contributed by atoms with Crippen LogP contribution in [-0.2, 0) is 12.4 Å². The van der Waals surface area contributed by atoms with Crippen molar-refractivity contribution in [3.05, 3.63) is 16.1 Å². The first-order valence-electron chi connectivity index (χ1n) is 5.68. The Kier molecular flexibility index (Phi) is 4.58. The molecular weight excluding hydrogens is 242 g/mol. The molecule has 2 rings (SSSR count). The fourth-order valence-electron chi connectivity index (χ4n) is 1.93. The van der Waals surface area contributed by atoms with Crippen LogP contribution >= 0.6 is 22.9 Å². The smallest absolute Gasteiger partial charge is 0.107 e. The highest BCUT2D eigenvalue weighted by Gasteiger charge is 2.13. The molecule has 16 heavy (non-hydrogen) atoms. The Morgan fingerprint density at radius 1 is 1.38 bits per heavy atom. The van der Waals surface area contributed by atoms with Crippen molar-refractivity contribution in [1.29, 1.82) is 0 Å². The number of hydrogen-bond acceptors (Lipinski definition) is 4. The Balaban J connectivity index is 1.88. The molecule has 1 aromatic rings. The zero-order valence-electron chi connectivity index (χ0n) is 9.65. The van der Waals surface area contributed by atoms with Gasteiger partial charge in [0.2, 0.25) is 0 Å². The number of hydrogen-bond donors (Lipinski definition) is 0. The molecule has 0 aliphatic carbocycles. The van der Waals surface area contributed by atoms with Gasteiger partial charge in [-0.05, 0) is 26.6 Å². The fraction of sp³-hybridized carbons (Fsp3) is 0.727. The maximum Gasteiger partial charge on any atom is 0.107 e. The molecule has 0 saturated carbocycles. The van der Waals surface area contributed by atoms with Gasteiger partial charge in [0.05, 0.1) is 18.1 Å². The third-order valence-corrected chi connectivity index (χ3v) is 4.06. The van der Waals surface area contributed by atoms with Crippen molar-refractivity contribution in [1.82, 2.24) is 14.8 Å². The van der Waals surface area contributed by atoms with Gasteiger partial charge >= 0.3 is 0 Å². The molecule has 2 heterocycles.